The Kier molecular flexibility index (Phi) is 6.56. The van der Waals surface area contributed by atoms with Gasteiger partial charge in [0, 0.05) is 21.7 Å². The third kappa shape index (κ3) is 5.31. The number of hydrogen-bond donors (Lipinski definition) is 1. The molecule has 2 aromatic carbocycles. The van der Waals surface area contributed by atoms with Crippen molar-refractivity contribution in [3.8, 4) is 11.5 Å². The lowest BCUT2D eigenvalue weighted by Crippen LogP contribution is -2.13. The lowest BCUT2D eigenvalue weighted by Gasteiger charge is -2.25. The molecule has 2 heterocycles. The Hall–Kier alpha value is -2.41. The Labute approximate surface area is 202 Å². The van der Waals surface area contributed by atoms with Gasteiger partial charge < -0.3 is 14.6 Å². The van der Waals surface area contributed by atoms with Gasteiger partial charge in [0.25, 0.3) is 0 Å². The Morgan fingerprint density at radius 3 is 2.59 bits per heavy atom. The summed E-state index contributed by atoms with van der Waals surface area (Å²) in [7, 11) is 0. The van der Waals surface area contributed by atoms with Crippen LogP contribution >= 0.6 is 35.0 Å². The van der Waals surface area contributed by atoms with Gasteiger partial charge in [-0.3, -0.25) is 0 Å². The van der Waals surface area contributed by atoms with Crippen LogP contribution in [0.15, 0.2) is 61.1 Å². The Morgan fingerprint density at radius 1 is 1.06 bits per heavy atom. The van der Waals surface area contributed by atoms with E-state index in [-0.39, 0.29) is 10.1 Å². The maximum atomic E-state index is 6.50. The van der Waals surface area contributed by atoms with E-state index < -0.39 is 0 Å². The minimum atomic E-state index is 0.131. The van der Waals surface area contributed by atoms with E-state index in [1.165, 1.54) is 0 Å². The topological polar surface area (TPSA) is 52.0 Å². The minimum absolute atomic E-state index is 0.131. The van der Waals surface area contributed by atoms with Crippen LogP contribution in [0.25, 0.3) is 11.0 Å². The molecule has 4 aromatic rings. The summed E-state index contributed by atoms with van der Waals surface area (Å²) in [5.41, 5.74) is 2.64. The summed E-state index contributed by atoms with van der Waals surface area (Å²) in [6.45, 7) is 8.82. The number of nitrogens with one attached hydrogen (secondary N) is 1. The van der Waals surface area contributed by atoms with Crippen LogP contribution in [0.5, 0.6) is 11.5 Å². The molecule has 0 aliphatic heterocycles. The van der Waals surface area contributed by atoms with Crippen LogP contribution in [0, 0.1) is 0 Å². The van der Waals surface area contributed by atoms with Crippen molar-refractivity contribution in [1.82, 2.24) is 14.5 Å². The molecule has 0 amide bonds. The second-order valence-electron chi connectivity index (χ2n) is 8.34. The fraction of sp³-hybridized carbons (Fsp3) is 0.250. The minimum Gasteiger partial charge on any atom is -0.456 e. The summed E-state index contributed by atoms with van der Waals surface area (Å²) in [6, 6.07) is 14.7. The van der Waals surface area contributed by atoms with Gasteiger partial charge in [-0.25, -0.2) is 9.97 Å². The van der Waals surface area contributed by atoms with E-state index in [2.05, 4.69) is 53.7 Å². The van der Waals surface area contributed by atoms with Crippen LogP contribution in [0.3, 0.4) is 0 Å². The highest BCUT2D eigenvalue weighted by Crippen LogP contribution is 2.38. The SMILES string of the molecule is CC(SC(C)(C)C)n1ccc2ncnc(Nc3ccc(Oc4cccc(Cl)c4)c(Cl)c3)c21. The molecule has 166 valence electrons. The van der Waals surface area contributed by atoms with Gasteiger partial charge in [-0.05, 0) is 49.4 Å². The standard InChI is InChI=1S/C24H24Cl2N4OS/c1-15(32-24(2,3)4)30-11-10-20-22(30)23(28-14-27-20)29-17-8-9-21(19(26)13-17)31-18-7-5-6-16(25)12-18/h5-15H,1-4H3,(H,27,28,29). The second-order valence-corrected chi connectivity index (χ2v) is 11.3. The summed E-state index contributed by atoms with van der Waals surface area (Å²) in [4.78, 5) is 8.93. The van der Waals surface area contributed by atoms with Crippen molar-refractivity contribution in [2.75, 3.05) is 5.32 Å². The van der Waals surface area contributed by atoms with E-state index in [0.29, 0.717) is 21.5 Å². The van der Waals surface area contributed by atoms with Crippen LogP contribution in [0.1, 0.15) is 33.1 Å². The van der Waals surface area contributed by atoms with E-state index in [0.717, 1.165) is 22.5 Å². The zero-order chi connectivity index (χ0) is 22.9. The maximum absolute atomic E-state index is 6.50. The van der Waals surface area contributed by atoms with Gasteiger partial charge in [-0.1, -0.05) is 50.0 Å². The second kappa shape index (κ2) is 9.22. The Morgan fingerprint density at radius 2 is 1.88 bits per heavy atom. The first-order chi connectivity index (χ1) is 15.2. The van der Waals surface area contributed by atoms with Crippen molar-refractivity contribution in [3.63, 3.8) is 0 Å². The van der Waals surface area contributed by atoms with Crippen molar-refractivity contribution >= 4 is 57.5 Å². The number of rotatable bonds is 6. The predicted molar refractivity (Wildman–Crippen MR) is 136 cm³/mol. The predicted octanol–water partition coefficient (Wildman–Crippen LogP) is 8.32. The number of thioether (sulfide) groups is 1. The normalized spacial score (nSPS) is 12.7. The summed E-state index contributed by atoms with van der Waals surface area (Å²) in [6.07, 6.45) is 3.62. The van der Waals surface area contributed by atoms with Crippen molar-refractivity contribution in [1.29, 1.82) is 0 Å². The number of fused-ring (bicyclic) bond motifs is 1. The molecule has 0 fully saturated rings. The van der Waals surface area contributed by atoms with Crippen LogP contribution in [0.2, 0.25) is 10.0 Å². The molecule has 1 N–H and O–H groups in total. The number of halogens is 2. The molecule has 1 atom stereocenters. The monoisotopic (exact) mass is 486 g/mol. The summed E-state index contributed by atoms with van der Waals surface area (Å²) >= 11 is 14.4. The van der Waals surface area contributed by atoms with E-state index in [1.54, 1.807) is 18.5 Å². The molecular weight excluding hydrogens is 463 g/mol. The zero-order valence-corrected chi connectivity index (χ0v) is 20.6. The first-order valence-corrected chi connectivity index (χ1v) is 11.8. The molecule has 4 rings (SSSR count). The van der Waals surface area contributed by atoms with Gasteiger partial charge in [-0.2, -0.15) is 0 Å². The molecule has 0 saturated heterocycles. The lowest BCUT2D eigenvalue weighted by molar-refractivity contribution is 0.483. The highest BCUT2D eigenvalue weighted by Gasteiger charge is 2.20. The molecule has 2 aromatic heterocycles. The van der Waals surface area contributed by atoms with Gasteiger partial charge in [0.2, 0.25) is 0 Å². The summed E-state index contributed by atoms with van der Waals surface area (Å²) < 4.78 is 8.20. The van der Waals surface area contributed by atoms with E-state index >= 15 is 0 Å². The molecule has 0 radical (unpaired) electrons. The molecule has 5 nitrogen and oxygen atoms in total. The number of anilines is 2. The average molecular weight is 487 g/mol. The number of aromatic nitrogens is 3. The van der Waals surface area contributed by atoms with Gasteiger partial charge >= 0.3 is 0 Å². The molecular formula is C24H24Cl2N4OS. The third-order valence-electron chi connectivity index (χ3n) is 4.64. The average Bonchev–Trinajstić information content (AvgIpc) is 3.14. The van der Waals surface area contributed by atoms with Crippen molar-refractivity contribution in [2.45, 2.75) is 37.8 Å². The number of hydrogen-bond acceptors (Lipinski definition) is 5. The fourth-order valence-electron chi connectivity index (χ4n) is 3.41. The van der Waals surface area contributed by atoms with E-state index in [9.17, 15) is 0 Å². The van der Waals surface area contributed by atoms with Crippen molar-refractivity contribution < 1.29 is 4.74 Å². The molecule has 8 heteroatoms. The Balaban J connectivity index is 1.61. The number of ether oxygens (including phenoxy) is 1. The van der Waals surface area contributed by atoms with Gasteiger partial charge in [-0.15, -0.1) is 11.8 Å². The lowest BCUT2D eigenvalue weighted by atomic mass is 10.3. The first kappa shape index (κ1) is 22.8. The maximum Gasteiger partial charge on any atom is 0.158 e. The van der Waals surface area contributed by atoms with Gasteiger partial charge in [0.05, 0.1) is 15.9 Å². The molecule has 1 unspecified atom stereocenters. The largest absolute Gasteiger partial charge is 0.456 e. The molecule has 0 spiro atoms. The molecule has 0 saturated carbocycles. The quantitative estimate of drug-likeness (QED) is 0.296. The van der Waals surface area contributed by atoms with E-state index in [1.807, 2.05) is 48.2 Å². The molecule has 0 bridgehead atoms. The van der Waals surface area contributed by atoms with Crippen molar-refractivity contribution in [3.05, 3.63) is 71.1 Å². The Bertz CT molecular complexity index is 1250. The van der Waals surface area contributed by atoms with Crippen molar-refractivity contribution in [2.24, 2.45) is 0 Å². The molecule has 0 aliphatic rings. The van der Waals surface area contributed by atoms with Gasteiger partial charge in [0.15, 0.2) is 5.82 Å². The number of nitrogens with zero attached hydrogens (tertiary/aromatic N) is 3. The first-order valence-electron chi connectivity index (χ1n) is 10.2. The molecule has 0 aliphatic carbocycles. The molecule has 32 heavy (non-hydrogen) atoms. The van der Waals surface area contributed by atoms with Crippen LogP contribution in [0.4, 0.5) is 11.5 Å². The highest BCUT2D eigenvalue weighted by molar-refractivity contribution is 8.00. The highest BCUT2D eigenvalue weighted by atomic mass is 35.5. The van der Waals surface area contributed by atoms with Crippen LogP contribution in [-0.4, -0.2) is 19.3 Å². The number of benzene rings is 2. The van der Waals surface area contributed by atoms with Crippen LogP contribution < -0.4 is 10.1 Å². The summed E-state index contributed by atoms with van der Waals surface area (Å²) in [5, 5.41) is 4.69. The van der Waals surface area contributed by atoms with Gasteiger partial charge in [0.1, 0.15) is 23.3 Å². The fourth-order valence-corrected chi connectivity index (χ4v) is 5.12. The third-order valence-corrected chi connectivity index (χ3v) is 6.44. The summed E-state index contributed by atoms with van der Waals surface area (Å²) in [5.74, 6) is 1.90. The smallest absolute Gasteiger partial charge is 0.158 e. The zero-order valence-electron chi connectivity index (χ0n) is 18.3. The van der Waals surface area contributed by atoms with E-state index in [4.69, 9.17) is 27.9 Å². The van der Waals surface area contributed by atoms with Crippen LogP contribution in [-0.2, 0) is 0 Å².